The Morgan fingerprint density at radius 1 is 1.62 bits per heavy atom. The molecule has 4 heteroatoms. The van der Waals surface area contributed by atoms with Crippen molar-refractivity contribution < 1.29 is 4.79 Å². The summed E-state index contributed by atoms with van der Waals surface area (Å²) < 4.78 is 0. The van der Waals surface area contributed by atoms with Gasteiger partial charge in [0.2, 0.25) is 0 Å². The van der Waals surface area contributed by atoms with Crippen molar-refractivity contribution in [1.82, 2.24) is 15.1 Å². The van der Waals surface area contributed by atoms with E-state index in [1.54, 1.807) is 19.0 Å². The maximum Gasteiger partial charge on any atom is 0.319 e. The molecule has 0 aliphatic carbocycles. The van der Waals surface area contributed by atoms with E-state index >= 15 is 0 Å². The van der Waals surface area contributed by atoms with Crippen LogP contribution in [0.4, 0.5) is 4.79 Å². The summed E-state index contributed by atoms with van der Waals surface area (Å²) in [5.41, 5.74) is 1.22. The van der Waals surface area contributed by atoms with E-state index in [1.807, 2.05) is 11.9 Å². The second kappa shape index (κ2) is 4.16. The highest BCUT2D eigenvalue weighted by molar-refractivity contribution is 5.74. The van der Waals surface area contributed by atoms with Gasteiger partial charge in [-0.3, -0.25) is 0 Å². The molecule has 0 unspecified atom stereocenters. The molecule has 0 aromatic heterocycles. The summed E-state index contributed by atoms with van der Waals surface area (Å²) in [4.78, 5) is 14.9. The summed E-state index contributed by atoms with van der Waals surface area (Å²) in [5, 5.41) is 3.10. The Labute approximate surface area is 79.2 Å². The molecule has 1 aliphatic rings. The largest absolute Gasteiger partial charge is 0.392 e. The van der Waals surface area contributed by atoms with E-state index in [9.17, 15) is 4.79 Å². The Morgan fingerprint density at radius 3 is 2.69 bits per heavy atom. The first-order chi connectivity index (χ1) is 6.15. The van der Waals surface area contributed by atoms with Gasteiger partial charge < -0.3 is 15.1 Å². The van der Waals surface area contributed by atoms with E-state index in [0.29, 0.717) is 6.54 Å². The van der Waals surface area contributed by atoms with Crippen molar-refractivity contribution >= 4 is 6.03 Å². The normalized spacial score (nSPS) is 16.5. The molecule has 4 nitrogen and oxygen atoms in total. The van der Waals surface area contributed by atoms with Crippen LogP contribution < -0.4 is 5.32 Å². The topological polar surface area (TPSA) is 35.6 Å². The number of hydrogen-bond donors (Lipinski definition) is 1. The molecule has 1 N–H and O–H groups in total. The molecule has 0 aromatic carbocycles. The highest BCUT2D eigenvalue weighted by atomic mass is 16.2. The predicted molar refractivity (Wildman–Crippen MR) is 52.4 cm³/mol. The Balaban J connectivity index is 2.50. The lowest BCUT2D eigenvalue weighted by molar-refractivity contribution is 0.174. The average molecular weight is 183 g/mol. The van der Waals surface area contributed by atoms with Crippen molar-refractivity contribution in [3.8, 4) is 0 Å². The summed E-state index contributed by atoms with van der Waals surface area (Å²) in [6, 6.07) is 0.0893. The first-order valence-corrected chi connectivity index (χ1v) is 4.48. The predicted octanol–water partition coefficient (Wildman–Crippen LogP) is 0.477. The smallest absolute Gasteiger partial charge is 0.319 e. The van der Waals surface area contributed by atoms with Crippen molar-refractivity contribution in [3.63, 3.8) is 0 Å². The van der Waals surface area contributed by atoms with Crippen LogP contribution in [-0.2, 0) is 0 Å². The fourth-order valence-corrected chi connectivity index (χ4v) is 1.35. The number of urea groups is 1. The fraction of sp³-hybridized carbons (Fsp3) is 0.667. The highest BCUT2D eigenvalue weighted by Gasteiger charge is 2.17. The third kappa shape index (κ3) is 2.37. The van der Waals surface area contributed by atoms with Gasteiger partial charge in [-0.1, -0.05) is 0 Å². The van der Waals surface area contributed by atoms with Crippen molar-refractivity contribution in [2.24, 2.45) is 0 Å². The van der Waals surface area contributed by atoms with Crippen molar-refractivity contribution in [1.29, 1.82) is 0 Å². The third-order valence-electron chi connectivity index (χ3n) is 2.18. The van der Waals surface area contributed by atoms with Crippen molar-refractivity contribution in [2.45, 2.75) is 6.42 Å². The number of nitrogens with one attached hydrogen (secondary N) is 1. The molecule has 0 bridgehead atoms. The molecule has 13 heavy (non-hydrogen) atoms. The minimum Gasteiger partial charge on any atom is -0.392 e. The van der Waals surface area contributed by atoms with Crippen LogP contribution in [0.25, 0.3) is 0 Å². The van der Waals surface area contributed by atoms with Gasteiger partial charge in [0.25, 0.3) is 0 Å². The van der Waals surface area contributed by atoms with Gasteiger partial charge in [0, 0.05) is 46.4 Å². The number of amides is 2. The minimum atomic E-state index is 0.0893. The summed E-state index contributed by atoms with van der Waals surface area (Å²) in [6.07, 6.45) is 2.99. The molecule has 0 saturated carbocycles. The monoisotopic (exact) mass is 183 g/mol. The molecule has 2 amide bonds. The lowest BCUT2D eigenvalue weighted by Crippen LogP contribution is -2.42. The lowest BCUT2D eigenvalue weighted by Gasteiger charge is -2.28. The van der Waals surface area contributed by atoms with Gasteiger partial charge in [-0.05, 0) is 6.08 Å². The van der Waals surface area contributed by atoms with E-state index < -0.39 is 0 Å². The van der Waals surface area contributed by atoms with E-state index in [1.165, 1.54) is 5.70 Å². The number of carbonyl (C=O) groups is 1. The summed E-state index contributed by atoms with van der Waals surface area (Å²) in [7, 11) is 5.47. The van der Waals surface area contributed by atoms with E-state index in [4.69, 9.17) is 0 Å². The maximum atomic E-state index is 11.5. The second-order valence-electron chi connectivity index (χ2n) is 3.35. The van der Waals surface area contributed by atoms with E-state index in [0.717, 1.165) is 13.0 Å². The number of nitrogens with zero attached hydrogens (tertiary/aromatic N) is 2. The first kappa shape index (κ1) is 9.89. The zero-order valence-electron chi connectivity index (χ0n) is 8.50. The molecule has 0 saturated heterocycles. The number of hydrogen-bond acceptors (Lipinski definition) is 2. The Bertz CT molecular complexity index is 223. The first-order valence-electron chi connectivity index (χ1n) is 4.48. The van der Waals surface area contributed by atoms with Crippen LogP contribution in [0.5, 0.6) is 0 Å². The van der Waals surface area contributed by atoms with Gasteiger partial charge in [-0.15, -0.1) is 0 Å². The van der Waals surface area contributed by atoms with Crippen LogP contribution in [0.15, 0.2) is 11.8 Å². The zero-order valence-corrected chi connectivity index (χ0v) is 8.50. The van der Waals surface area contributed by atoms with Crippen LogP contribution in [-0.4, -0.2) is 50.1 Å². The van der Waals surface area contributed by atoms with Crippen molar-refractivity contribution in [3.05, 3.63) is 11.8 Å². The molecular formula is C9H17N3O. The van der Waals surface area contributed by atoms with Crippen LogP contribution in [0.2, 0.25) is 0 Å². The minimum absolute atomic E-state index is 0.0893. The van der Waals surface area contributed by atoms with Crippen LogP contribution in [0.1, 0.15) is 6.42 Å². The summed E-state index contributed by atoms with van der Waals surface area (Å²) >= 11 is 0. The van der Waals surface area contributed by atoms with Gasteiger partial charge in [0.1, 0.15) is 0 Å². The van der Waals surface area contributed by atoms with Gasteiger partial charge >= 0.3 is 6.03 Å². The van der Waals surface area contributed by atoms with Crippen LogP contribution >= 0.6 is 0 Å². The van der Waals surface area contributed by atoms with E-state index in [-0.39, 0.29) is 6.03 Å². The molecule has 0 fully saturated rings. The molecule has 1 aliphatic heterocycles. The molecule has 0 atom stereocenters. The maximum absolute atomic E-state index is 11.5. The molecule has 0 radical (unpaired) electrons. The Morgan fingerprint density at radius 2 is 2.31 bits per heavy atom. The number of rotatable bonds is 1. The SMILES string of the molecule is CNC1=CCN(C(=O)N(C)C)CC1. The number of carbonyl (C=O) groups excluding carboxylic acids is 1. The highest BCUT2D eigenvalue weighted by Crippen LogP contribution is 2.08. The lowest BCUT2D eigenvalue weighted by atomic mass is 10.2. The van der Waals surface area contributed by atoms with Gasteiger partial charge in [0.05, 0.1) is 0 Å². The van der Waals surface area contributed by atoms with Gasteiger partial charge in [0.15, 0.2) is 0 Å². The standard InChI is InChI=1S/C9H17N3O/c1-10-8-4-6-12(7-5-8)9(13)11(2)3/h4,10H,5-7H2,1-3H3. The van der Waals surface area contributed by atoms with Gasteiger partial charge in [-0.2, -0.15) is 0 Å². The molecule has 74 valence electrons. The quantitative estimate of drug-likeness (QED) is 0.641. The molecule has 1 rings (SSSR count). The molecular weight excluding hydrogens is 166 g/mol. The third-order valence-corrected chi connectivity index (χ3v) is 2.18. The van der Waals surface area contributed by atoms with E-state index in [2.05, 4.69) is 11.4 Å². The molecule has 1 heterocycles. The Hall–Kier alpha value is -1.19. The van der Waals surface area contributed by atoms with Crippen LogP contribution in [0.3, 0.4) is 0 Å². The average Bonchev–Trinajstić information content (AvgIpc) is 2.17. The van der Waals surface area contributed by atoms with Gasteiger partial charge in [-0.25, -0.2) is 4.79 Å². The zero-order chi connectivity index (χ0) is 9.84. The molecule has 0 spiro atoms. The summed E-state index contributed by atoms with van der Waals surface area (Å²) in [5.74, 6) is 0. The van der Waals surface area contributed by atoms with Crippen LogP contribution in [0, 0.1) is 0 Å². The fourth-order valence-electron chi connectivity index (χ4n) is 1.35. The molecule has 0 aromatic rings. The second-order valence-corrected chi connectivity index (χ2v) is 3.35. The Kier molecular flexibility index (Phi) is 3.17. The van der Waals surface area contributed by atoms with Crippen molar-refractivity contribution in [2.75, 3.05) is 34.2 Å². The summed E-state index contributed by atoms with van der Waals surface area (Å²) in [6.45, 7) is 1.52.